The first-order chi connectivity index (χ1) is 10.1. The zero-order valence-corrected chi connectivity index (χ0v) is 12.2. The van der Waals surface area contributed by atoms with E-state index in [0.29, 0.717) is 17.5 Å². The SMILES string of the molecule is COc1ccc(OC(C)c2nc(C3(N)CCC3)no2)cc1. The van der Waals surface area contributed by atoms with Crippen LogP contribution in [0.3, 0.4) is 0 Å². The molecule has 21 heavy (non-hydrogen) atoms. The molecule has 1 aromatic carbocycles. The number of nitrogens with two attached hydrogens (primary N) is 1. The number of aromatic nitrogens is 2. The molecular weight excluding hydrogens is 270 g/mol. The maximum absolute atomic E-state index is 6.18. The minimum Gasteiger partial charge on any atom is -0.497 e. The Morgan fingerprint density at radius 2 is 1.90 bits per heavy atom. The smallest absolute Gasteiger partial charge is 0.267 e. The van der Waals surface area contributed by atoms with Crippen LogP contribution in [0.5, 0.6) is 11.5 Å². The van der Waals surface area contributed by atoms with Crippen LogP contribution < -0.4 is 15.2 Å². The van der Waals surface area contributed by atoms with E-state index >= 15 is 0 Å². The van der Waals surface area contributed by atoms with E-state index < -0.39 is 5.54 Å². The molecule has 112 valence electrons. The molecule has 1 atom stereocenters. The topological polar surface area (TPSA) is 83.4 Å². The van der Waals surface area contributed by atoms with E-state index in [1.807, 2.05) is 31.2 Å². The van der Waals surface area contributed by atoms with Crippen molar-refractivity contribution in [2.24, 2.45) is 5.73 Å². The molecule has 2 N–H and O–H groups in total. The standard InChI is InChI=1S/C15H19N3O3/c1-10(20-12-6-4-11(19-2)5-7-12)13-17-14(18-21-13)15(16)8-3-9-15/h4-7,10H,3,8-9,16H2,1-2H3. The maximum Gasteiger partial charge on any atom is 0.267 e. The van der Waals surface area contributed by atoms with Gasteiger partial charge in [0.05, 0.1) is 12.6 Å². The minimum absolute atomic E-state index is 0.330. The quantitative estimate of drug-likeness (QED) is 0.910. The van der Waals surface area contributed by atoms with Crippen molar-refractivity contribution in [3.05, 3.63) is 36.0 Å². The van der Waals surface area contributed by atoms with Gasteiger partial charge in [0.2, 0.25) is 0 Å². The van der Waals surface area contributed by atoms with Crippen LogP contribution in [0.1, 0.15) is 44.0 Å². The van der Waals surface area contributed by atoms with Crippen molar-refractivity contribution in [2.45, 2.75) is 37.8 Å². The van der Waals surface area contributed by atoms with Crippen molar-refractivity contribution in [3.63, 3.8) is 0 Å². The molecule has 0 bridgehead atoms. The Bertz CT molecular complexity index is 605. The monoisotopic (exact) mass is 289 g/mol. The molecule has 1 fully saturated rings. The Balaban J connectivity index is 1.68. The first-order valence-corrected chi connectivity index (χ1v) is 7.04. The van der Waals surface area contributed by atoms with Gasteiger partial charge in [0.1, 0.15) is 11.5 Å². The maximum atomic E-state index is 6.18. The van der Waals surface area contributed by atoms with Gasteiger partial charge in [-0.3, -0.25) is 0 Å². The lowest BCUT2D eigenvalue weighted by Gasteiger charge is -2.34. The van der Waals surface area contributed by atoms with Crippen molar-refractivity contribution >= 4 is 0 Å². The second kappa shape index (κ2) is 5.37. The minimum atomic E-state index is -0.415. The lowest BCUT2D eigenvalue weighted by molar-refractivity contribution is 0.174. The molecule has 0 radical (unpaired) electrons. The second-order valence-electron chi connectivity index (χ2n) is 5.40. The first kappa shape index (κ1) is 13.9. The van der Waals surface area contributed by atoms with Gasteiger partial charge >= 0.3 is 0 Å². The van der Waals surface area contributed by atoms with E-state index in [1.165, 1.54) is 0 Å². The van der Waals surface area contributed by atoms with Gasteiger partial charge in [-0.1, -0.05) is 5.16 Å². The van der Waals surface area contributed by atoms with Crippen LogP contribution in [0.25, 0.3) is 0 Å². The summed E-state index contributed by atoms with van der Waals surface area (Å²) in [4.78, 5) is 4.38. The second-order valence-corrected chi connectivity index (χ2v) is 5.40. The van der Waals surface area contributed by atoms with Gasteiger partial charge in [-0.25, -0.2) is 0 Å². The van der Waals surface area contributed by atoms with Crippen molar-refractivity contribution in [2.75, 3.05) is 7.11 Å². The van der Waals surface area contributed by atoms with Crippen molar-refractivity contribution in [3.8, 4) is 11.5 Å². The fraction of sp³-hybridized carbons (Fsp3) is 0.467. The van der Waals surface area contributed by atoms with Gasteiger partial charge in [-0.05, 0) is 50.5 Å². The van der Waals surface area contributed by atoms with Gasteiger partial charge in [-0.15, -0.1) is 0 Å². The lowest BCUT2D eigenvalue weighted by Crippen LogP contribution is -2.44. The molecule has 0 amide bonds. The third-order valence-corrected chi connectivity index (χ3v) is 3.85. The van der Waals surface area contributed by atoms with E-state index in [2.05, 4.69) is 10.1 Å². The van der Waals surface area contributed by atoms with Crippen molar-refractivity contribution in [1.82, 2.24) is 10.1 Å². The zero-order chi connectivity index (χ0) is 14.9. The summed E-state index contributed by atoms with van der Waals surface area (Å²) in [6.45, 7) is 1.87. The fourth-order valence-corrected chi connectivity index (χ4v) is 2.29. The largest absolute Gasteiger partial charge is 0.497 e. The number of benzene rings is 1. The highest BCUT2D eigenvalue weighted by Gasteiger charge is 2.39. The molecular formula is C15H19N3O3. The van der Waals surface area contributed by atoms with Crippen LogP contribution in [0.4, 0.5) is 0 Å². The molecule has 1 aromatic heterocycles. The molecule has 1 aliphatic rings. The number of rotatable bonds is 5. The third kappa shape index (κ3) is 2.71. The Hall–Kier alpha value is -2.08. The Kier molecular flexibility index (Phi) is 3.55. The molecule has 3 rings (SSSR count). The van der Waals surface area contributed by atoms with Crippen LogP contribution in [0, 0.1) is 0 Å². The number of methoxy groups -OCH3 is 1. The number of ether oxygens (including phenoxy) is 2. The summed E-state index contributed by atoms with van der Waals surface area (Å²) >= 11 is 0. The van der Waals surface area contributed by atoms with Crippen molar-refractivity contribution in [1.29, 1.82) is 0 Å². The Morgan fingerprint density at radius 3 is 2.48 bits per heavy atom. The van der Waals surface area contributed by atoms with E-state index in [1.54, 1.807) is 7.11 Å². The first-order valence-electron chi connectivity index (χ1n) is 7.04. The predicted molar refractivity (Wildman–Crippen MR) is 76.1 cm³/mol. The van der Waals surface area contributed by atoms with Gasteiger partial charge in [-0.2, -0.15) is 4.98 Å². The predicted octanol–water partition coefficient (Wildman–Crippen LogP) is 2.56. The highest BCUT2D eigenvalue weighted by molar-refractivity contribution is 5.31. The van der Waals surface area contributed by atoms with Crippen molar-refractivity contribution < 1.29 is 14.0 Å². The number of nitrogens with zero attached hydrogens (tertiary/aromatic N) is 2. The summed E-state index contributed by atoms with van der Waals surface area (Å²) in [5, 5.41) is 3.99. The zero-order valence-electron chi connectivity index (χ0n) is 12.2. The van der Waals surface area contributed by atoms with E-state index in [4.69, 9.17) is 19.7 Å². The van der Waals surface area contributed by atoms with E-state index in [9.17, 15) is 0 Å². The average Bonchev–Trinajstić information content (AvgIpc) is 2.96. The highest BCUT2D eigenvalue weighted by Crippen LogP contribution is 2.37. The molecule has 0 aliphatic heterocycles. The summed E-state index contributed by atoms with van der Waals surface area (Å²) in [7, 11) is 1.63. The third-order valence-electron chi connectivity index (χ3n) is 3.85. The molecule has 6 heteroatoms. The highest BCUT2D eigenvalue weighted by atomic mass is 16.5. The fourth-order valence-electron chi connectivity index (χ4n) is 2.29. The summed E-state index contributed by atoms with van der Waals surface area (Å²) in [6, 6.07) is 7.35. The molecule has 2 aromatic rings. The van der Waals surface area contributed by atoms with Crippen LogP contribution in [0.15, 0.2) is 28.8 Å². The van der Waals surface area contributed by atoms with Gasteiger partial charge in [0, 0.05) is 0 Å². The molecule has 0 spiro atoms. The van der Waals surface area contributed by atoms with Gasteiger partial charge in [0.15, 0.2) is 11.9 Å². The molecule has 0 saturated heterocycles. The number of hydrogen-bond acceptors (Lipinski definition) is 6. The van der Waals surface area contributed by atoms with Crippen LogP contribution in [-0.4, -0.2) is 17.3 Å². The van der Waals surface area contributed by atoms with Gasteiger partial charge in [0.25, 0.3) is 5.89 Å². The summed E-state index contributed by atoms with van der Waals surface area (Å²) < 4.78 is 16.2. The van der Waals surface area contributed by atoms with Crippen LogP contribution in [-0.2, 0) is 5.54 Å². The van der Waals surface area contributed by atoms with E-state index in [0.717, 1.165) is 25.0 Å². The summed E-state index contributed by atoms with van der Waals surface area (Å²) in [6.07, 6.45) is 2.58. The normalized spacial score (nSPS) is 17.9. The Morgan fingerprint density at radius 1 is 1.24 bits per heavy atom. The van der Waals surface area contributed by atoms with Gasteiger partial charge < -0.3 is 19.7 Å². The summed E-state index contributed by atoms with van der Waals surface area (Å²) in [5.41, 5.74) is 5.77. The van der Waals surface area contributed by atoms with E-state index in [-0.39, 0.29) is 6.10 Å². The molecule has 1 heterocycles. The lowest BCUT2D eigenvalue weighted by atomic mass is 9.77. The molecule has 1 aliphatic carbocycles. The average molecular weight is 289 g/mol. The molecule has 1 saturated carbocycles. The summed E-state index contributed by atoms with van der Waals surface area (Å²) in [5.74, 6) is 2.52. The molecule has 6 nitrogen and oxygen atoms in total. The molecule has 1 unspecified atom stereocenters. The van der Waals surface area contributed by atoms with Crippen LogP contribution in [0.2, 0.25) is 0 Å². The number of hydrogen-bond donors (Lipinski definition) is 1. The van der Waals surface area contributed by atoms with Crippen LogP contribution >= 0.6 is 0 Å². The Labute approximate surface area is 123 Å².